The minimum Gasteiger partial charge on any atom is -0.369 e. The number of nitrogens with two attached hydrogens (primary N) is 1. The average Bonchev–Trinajstić information content (AvgIpc) is 2.40. The Hall–Kier alpha value is -1.06. The van der Waals surface area contributed by atoms with Gasteiger partial charge in [0.2, 0.25) is 0 Å². The van der Waals surface area contributed by atoms with Crippen molar-refractivity contribution in [3.8, 4) is 0 Å². The van der Waals surface area contributed by atoms with E-state index in [1.807, 2.05) is 0 Å². The first-order valence-corrected chi connectivity index (χ1v) is 7.46. The van der Waals surface area contributed by atoms with Crippen LogP contribution >= 0.6 is 0 Å². The molecule has 0 saturated carbocycles. The zero-order valence-electron chi connectivity index (χ0n) is 12.4. The highest BCUT2D eigenvalue weighted by Gasteiger charge is 2.18. The lowest BCUT2D eigenvalue weighted by Crippen LogP contribution is -2.47. The highest BCUT2D eigenvalue weighted by Crippen LogP contribution is 2.25. The van der Waals surface area contributed by atoms with E-state index in [1.54, 1.807) is 0 Å². The highest BCUT2D eigenvalue weighted by molar-refractivity contribution is 5.59. The molecule has 0 atom stereocenters. The molecule has 1 heterocycles. The van der Waals surface area contributed by atoms with Crippen molar-refractivity contribution in [2.75, 3.05) is 44.2 Å². The maximum Gasteiger partial charge on any atom is 0.0426 e. The van der Waals surface area contributed by atoms with E-state index >= 15 is 0 Å². The van der Waals surface area contributed by atoms with Crippen LogP contribution in [0.3, 0.4) is 0 Å². The molecule has 0 spiro atoms. The third kappa shape index (κ3) is 3.71. The van der Waals surface area contributed by atoms with E-state index < -0.39 is 0 Å². The average molecular weight is 261 g/mol. The number of hydrogen-bond donors (Lipinski definition) is 1. The number of nitrogens with zero attached hydrogens (tertiary/aromatic N) is 2. The summed E-state index contributed by atoms with van der Waals surface area (Å²) >= 11 is 0. The highest BCUT2D eigenvalue weighted by atomic mass is 15.3. The summed E-state index contributed by atoms with van der Waals surface area (Å²) in [4.78, 5) is 5.11. The van der Waals surface area contributed by atoms with Crippen LogP contribution < -0.4 is 10.6 Å². The predicted molar refractivity (Wildman–Crippen MR) is 82.9 cm³/mol. The van der Waals surface area contributed by atoms with Crippen LogP contribution in [-0.2, 0) is 0 Å². The van der Waals surface area contributed by atoms with Gasteiger partial charge in [-0.1, -0.05) is 18.2 Å². The van der Waals surface area contributed by atoms with E-state index in [2.05, 4.69) is 41.8 Å². The molecule has 19 heavy (non-hydrogen) atoms. The first-order chi connectivity index (χ1) is 9.22. The summed E-state index contributed by atoms with van der Waals surface area (Å²) in [6.07, 6.45) is 2.39. The zero-order valence-corrected chi connectivity index (χ0v) is 12.4. The van der Waals surface area contributed by atoms with Gasteiger partial charge in [-0.3, -0.25) is 4.90 Å². The second-order valence-corrected chi connectivity index (χ2v) is 5.56. The fourth-order valence-electron chi connectivity index (χ4n) is 2.98. The van der Waals surface area contributed by atoms with Crippen LogP contribution in [0.25, 0.3) is 0 Å². The SMILES string of the molecule is Cc1cccc(C)c1N1CCN(CCCCN)CC1. The number of benzene rings is 1. The molecule has 1 saturated heterocycles. The quantitative estimate of drug-likeness (QED) is 0.825. The lowest BCUT2D eigenvalue weighted by molar-refractivity contribution is 0.253. The Morgan fingerprint density at radius 2 is 1.63 bits per heavy atom. The van der Waals surface area contributed by atoms with Crippen LogP contribution in [0, 0.1) is 13.8 Å². The topological polar surface area (TPSA) is 32.5 Å². The number of hydrogen-bond acceptors (Lipinski definition) is 3. The molecule has 1 aromatic carbocycles. The molecule has 1 aromatic rings. The van der Waals surface area contributed by atoms with E-state index in [1.165, 1.54) is 42.9 Å². The lowest BCUT2D eigenvalue weighted by Gasteiger charge is -2.37. The Morgan fingerprint density at radius 1 is 1.00 bits per heavy atom. The predicted octanol–water partition coefficient (Wildman–Crippen LogP) is 2.16. The summed E-state index contributed by atoms with van der Waals surface area (Å²) < 4.78 is 0. The van der Waals surface area contributed by atoms with Gasteiger partial charge in [-0.25, -0.2) is 0 Å². The Labute approximate surface area is 117 Å². The second-order valence-electron chi connectivity index (χ2n) is 5.56. The summed E-state index contributed by atoms with van der Waals surface area (Å²) in [6.45, 7) is 11.1. The molecule has 0 unspecified atom stereocenters. The van der Waals surface area contributed by atoms with Crippen molar-refractivity contribution in [3.05, 3.63) is 29.3 Å². The summed E-state index contributed by atoms with van der Waals surface area (Å²) in [5.74, 6) is 0. The summed E-state index contributed by atoms with van der Waals surface area (Å²) in [7, 11) is 0. The van der Waals surface area contributed by atoms with Gasteiger partial charge in [-0.2, -0.15) is 0 Å². The van der Waals surface area contributed by atoms with Crippen LogP contribution in [0.15, 0.2) is 18.2 Å². The van der Waals surface area contributed by atoms with Crippen molar-refractivity contribution in [1.29, 1.82) is 0 Å². The number of anilines is 1. The largest absolute Gasteiger partial charge is 0.369 e. The van der Waals surface area contributed by atoms with Crippen molar-refractivity contribution in [2.45, 2.75) is 26.7 Å². The number of rotatable bonds is 5. The van der Waals surface area contributed by atoms with Gasteiger partial charge in [0.05, 0.1) is 0 Å². The Morgan fingerprint density at radius 3 is 2.21 bits per heavy atom. The van der Waals surface area contributed by atoms with Gasteiger partial charge in [-0.15, -0.1) is 0 Å². The van der Waals surface area contributed by atoms with Crippen LogP contribution in [0.5, 0.6) is 0 Å². The number of piperazine rings is 1. The molecule has 0 amide bonds. The Bertz CT molecular complexity index is 375. The van der Waals surface area contributed by atoms with Gasteiger partial charge in [0.1, 0.15) is 0 Å². The van der Waals surface area contributed by atoms with E-state index in [0.717, 1.165) is 26.1 Å². The fourth-order valence-corrected chi connectivity index (χ4v) is 2.98. The molecular formula is C16H27N3. The van der Waals surface area contributed by atoms with Crippen molar-refractivity contribution in [1.82, 2.24) is 4.90 Å². The summed E-state index contributed by atoms with van der Waals surface area (Å²) in [5, 5.41) is 0. The van der Waals surface area contributed by atoms with Crippen LogP contribution in [-0.4, -0.2) is 44.2 Å². The summed E-state index contributed by atoms with van der Waals surface area (Å²) in [6, 6.07) is 6.59. The van der Waals surface area contributed by atoms with Gasteiger partial charge < -0.3 is 10.6 Å². The first kappa shape index (κ1) is 14.4. The molecule has 0 radical (unpaired) electrons. The molecule has 3 nitrogen and oxygen atoms in total. The smallest absolute Gasteiger partial charge is 0.0426 e. The molecular weight excluding hydrogens is 234 g/mol. The van der Waals surface area contributed by atoms with Gasteiger partial charge in [0, 0.05) is 31.9 Å². The molecule has 0 aliphatic carbocycles. The molecule has 1 fully saturated rings. The summed E-state index contributed by atoms with van der Waals surface area (Å²) in [5.41, 5.74) is 9.80. The minimum absolute atomic E-state index is 0.822. The van der Waals surface area contributed by atoms with E-state index in [-0.39, 0.29) is 0 Å². The normalized spacial score (nSPS) is 16.9. The molecule has 1 aliphatic rings. The molecule has 0 bridgehead atoms. The molecule has 106 valence electrons. The van der Waals surface area contributed by atoms with Gasteiger partial charge >= 0.3 is 0 Å². The lowest BCUT2D eigenvalue weighted by atomic mass is 10.1. The number of unbranched alkanes of at least 4 members (excludes halogenated alkanes) is 1. The first-order valence-electron chi connectivity index (χ1n) is 7.46. The Kier molecular flexibility index (Phi) is 5.23. The molecule has 3 heteroatoms. The van der Waals surface area contributed by atoms with Crippen molar-refractivity contribution in [3.63, 3.8) is 0 Å². The van der Waals surface area contributed by atoms with Crippen LogP contribution in [0.4, 0.5) is 5.69 Å². The van der Waals surface area contributed by atoms with Crippen molar-refractivity contribution < 1.29 is 0 Å². The minimum atomic E-state index is 0.822. The molecule has 1 aliphatic heterocycles. The zero-order chi connectivity index (χ0) is 13.7. The van der Waals surface area contributed by atoms with Gasteiger partial charge in [-0.05, 0) is 50.9 Å². The Balaban J connectivity index is 1.89. The molecule has 2 N–H and O–H groups in total. The fraction of sp³-hybridized carbons (Fsp3) is 0.625. The van der Waals surface area contributed by atoms with Gasteiger partial charge in [0.25, 0.3) is 0 Å². The molecule has 2 rings (SSSR count). The third-order valence-corrected chi connectivity index (χ3v) is 4.06. The van der Waals surface area contributed by atoms with E-state index in [0.29, 0.717) is 0 Å². The number of aryl methyl sites for hydroxylation is 2. The number of para-hydroxylation sites is 1. The van der Waals surface area contributed by atoms with Crippen LogP contribution in [0.1, 0.15) is 24.0 Å². The van der Waals surface area contributed by atoms with Gasteiger partial charge in [0.15, 0.2) is 0 Å². The van der Waals surface area contributed by atoms with E-state index in [9.17, 15) is 0 Å². The van der Waals surface area contributed by atoms with Crippen LogP contribution in [0.2, 0.25) is 0 Å². The van der Waals surface area contributed by atoms with Crippen molar-refractivity contribution >= 4 is 5.69 Å². The van der Waals surface area contributed by atoms with E-state index in [4.69, 9.17) is 5.73 Å². The third-order valence-electron chi connectivity index (χ3n) is 4.06. The maximum absolute atomic E-state index is 5.55. The second kappa shape index (κ2) is 6.92. The van der Waals surface area contributed by atoms with Crippen molar-refractivity contribution in [2.24, 2.45) is 5.73 Å². The maximum atomic E-state index is 5.55. The standard InChI is InChI=1S/C16H27N3/c1-14-6-5-7-15(2)16(14)19-12-10-18(11-13-19)9-4-3-8-17/h5-7H,3-4,8-13,17H2,1-2H3. The molecule has 0 aromatic heterocycles. The monoisotopic (exact) mass is 261 g/mol.